The first-order valence-electron chi connectivity index (χ1n) is 15.1. The highest BCUT2D eigenvalue weighted by atomic mass is 32.2. The highest BCUT2D eigenvalue weighted by molar-refractivity contribution is 8.02. The zero-order chi connectivity index (χ0) is 31.1. The number of thioether (sulfide) groups is 1. The maximum Gasteiger partial charge on any atom is 0.311 e. The van der Waals surface area contributed by atoms with Crippen molar-refractivity contribution in [3.8, 4) is 0 Å². The molecule has 3 aliphatic heterocycles. The number of rotatable bonds is 12. The van der Waals surface area contributed by atoms with E-state index >= 15 is 4.79 Å². The van der Waals surface area contributed by atoms with Crippen molar-refractivity contribution < 1.29 is 24.2 Å². The molecule has 2 bridgehead atoms. The number of carbonyl (C=O) groups excluding carboxylic acids is 3. The summed E-state index contributed by atoms with van der Waals surface area (Å²) in [5.74, 6) is -2.21. The minimum atomic E-state index is -0.857. The molecule has 4 rings (SSSR count). The number of benzene rings is 1. The van der Waals surface area contributed by atoms with Gasteiger partial charge in [-0.3, -0.25) is 14.4 Å². The predicted octanol–water partition coefficient (Wildman–Crippen LogP) is 5.55. The number of hydrogen-bond donors (Lipinski definition) is 1. The van der Waals surface area contributed by atoms with Crippen LogP contribution in [-0.4, -0.2) is 73.5 Å². The van der Waals surface area contributed by atoms with Gasteiger partial charge in [0, 0.05) is 16.8 Å². The van der Waals surface area contributed by atoms with Gasteiger partial charge >= 0.3 is 5.97 Å². The lowest BCUT2D eigenvalue weighted by atomic mass is 9.66. The van der Waals surface area contributed by atoms with Crippen LogP contribution in [0.3, 0.4) is 0 Å². The van der Waals surface area contributed by atoms with Gasteiger partial charge in [-0.1, -0.05) is 63.3 Å². The van der Waals surface area contributed by atoms with E-state index in [1.54, 1.807) is 28.8 Å². The lowest BCUT2D eigenvalue weighted by molar-refractivity contribution is -0.156. The number of aliphatic hydroxyl groups excluding tert-OH is 1. The summed E-state index contributed by atoms with van der Waals surface area (Å²) in [7, 11) is 0. The van der Waals surface area contributed by atoms with E-state index in [9.17, 15) is 14.7 Å². The summed E-state index contributed by atoms with van der Waals surface area (Å²) in [4.78, 5) is 46.9. The Morgan fingerprint density at radius 3 is 2.40 bits per heavy atom. The van der Waals surface area contributed by atoms with Gasteiger partial charge in [0.1, 0.15) is 6.04 Å². The van der Waals surface area contributed by atoms with Gasteiger partial charge in [0.2, 0.25) is 11.8 Å². The molecular formula is C34H48N2O5S. The zero-order valence-corrected chi connectivity index (χ0v) is 26.9. The summed E-state index contributed by atoms with van der Waals surface area (Å²) in [6, 6.07) is 7.78. The molecule has 1 aromatic carbocycles. The van der Waals surface area contributed by atoms with E-state index in [4.69, 9.17) is 4.74 Å². The number of ether oxygens (including phenoxy) is 1. The topological polar surface area (TPSA) is 87.1 Å². The van der Waals surface area contributed by atoms with Crippen LogP contribution in [0.25, 0.3) is 0 Å². The Balaban J connectivity index is 1.86. The Labute approximate surface area is 255 Å². The molecule has 0 aliphatic carbocycles. The number of fused-ring (bicyclic) bond motifs is 1. The van der Waals surface area contributed by atoms with E-state index in [1.165, 1.54) is 0 Å². The van der Waals surface area contributed by atoms with Gasteiger partial charge < -0.3 is 19.6 Å². The Morgan fingerprint density at radius 2 is 1.83 bits per heavy atom. The highest BCUT2D eigenvalue weighted by Crippen LogP contribution is 2.72. The number of nitrogens with zero attached hydrogens (tertiary/aromatic N) is 2. The molecule has 2 unspecified atom stereocenters. The molecule has 1 spiro atoms. The van der Waals surface area contributed by atoms with Crippen molar-refractivity contribution in [3.05, 3.63) is 61.2 Å². The van der Waals surface area contributed by atoms with Crippen LogP contribution in [0.1, 0.15) is 78.8 Å². The molecule has 7 nitrogen and oxygen atoms in total. The summed E-state index contributed by atoms with van der Waals surface area (Å²) in [5.41, 5.74) is 0.159. The number of esters is 1. The zero-order valence-electron chi connectivity index (χ0n) is 26.1. The molecule has 3 fully saturated rings. The molecule has 2 amide bonds. The number of amides is 2. The Kier molecular flexibility index (Phi) is 9.11. The molecule has 3 heterocycles. The smallest absolute Gasteiger partial charge is 0.311 e. The van der Waals surface area contributed by atoms with Crippen molar-refractivity contribution in [3.63, 3.8) is 0 Å². The lowest BCUT2D eigenvalue weighted by Crippen LogP contribution is -2.60. The van der Waals surface area contributed by atoms with Crippen molar-refractivity contribution in [2.24, 2.45) is 17.3 Å². The molecule has 3 saturated heterocycles. The normalized spacial score (nSPS) is 29.3. The first-order chi connectivity index (χ1) is 19.7. The van der Waals surface area contributed by atoms with Crippen molar-refractivity contribution in [1.29, 1.82) is 0 Å². The van der Waals surface area contributed by atoms with Crippen LogP contribution in [0.5, 0.6) is 0 Å². The first-order valence-corrected chi connectivity index (χ1v) is 15.9. The van der Waals surface area contributed by atoms with Gasteiger partial charge in [-0.2, -0.15) is 0 Å². The van der Waals surface area contributed by atoms with Gasteiger partial charge in [0.25, 0.3) is 0 Å². The summed E-state index contributed by atoms with van der Waals surface area (Å²) >= 11 is 1.62. The largest absolute Gasteiger partial charge is 0.465 e. The maximum atomic E-state index is 15.1. The van der Waals surface area contributed by atoms with Gasteiger partial charge in [-0.05, 0) is 57.4 Å². The molecule has 0 saturated carbocycles. The summed E-state index contributed by atoms with van der Waals surface area (Å²) in [6.45, 7) is 20.5. The molecule has 42 heavy (non-hydrogen) atoms. The monoisotopic (exact) mass is 596 g/mol. The van der Waals surface area contributed by atoms with Crippen LogP contribution in [0.15, 0.2) is 55.6 Å². The number of carbonyl (C=O) groups is 3. The van der Waals surface area contributed by atoms with Crippen LogP contribution < -0.4 is 0 Å². The quantitative estimate of drug-likeness (QED) is 0.193. The SMILES string of the molecule is C=CCCOC(=O)[C@@H]1[C@H]2C(=O)N([C@H](CO)c3ccccc3)C(C(=O)N(CC=C)C(C)(C)CC(C)(C)C)C23CC[C@@]1(C)S3. The Hall–Kier alpha value is -2.58. The van der Waals surface area contributed by atoms with Crippen molar-refractivity contribution in [1.82, 2.24) is 9.80 Å². The molecule has 0 radical (unpaired) electrons. The number of likely N-dealkylation sites (tertiary alicyclic amines) is 1. The van der Waals surface area contributed by atoms with Crippen LogP contribution in [0, 0.1) is 17.3 Å². The second kappa shape index (κ2) is 11.8. The van der Waals surface area contributed by atoms with Crippen molar-refractivity contribution in [2.45, 2.75) is 94.3 Å². The molecule has 3 aliphatic rings. The van der Waals surface area contributed by atoms with Crippen molar-refractivity contribution in [2.75, 3.05) is 19.8 Å². The molecule has 1 N–H and O–H groups in total. The summed E-state index contributed by atoms with van der Waals surface area (Å²) < 4.78 is 4.34. The van der Waals surface area contributed by atoms with Crippen LogP contribution >= 0.6 is 11.8 Å². The van der Waals surface area contributed by atoms with E-state index in [0.29, 0.717) is 25.8 Å². The standard InChI is InChI=1S/C34H48N2O5S/c1-9-11-20-41-30(40)26-25-28(38)36(24(21-37)23-15-13-12-14-16-23)27(34(25)18-17-33(26,8)42-34)29(39)35(19-10-2)32(6,7)22-31(3,4)5/h9-10,12-16,24-27,37H,1-2,11,17-22H2,3-8H3/t24-,25+,26+,27?,33-,34?/m1/s1. The van der Waals surface area contributed by atoms with E-state index < -0.39 is 44.9 Å². The lowest BCUT2D eigenvalue weighted by Gasteiger charge is -2.46. The average Bonchev–Trinajstić information content (AvgIpc) is 3.47. The highest BCUT2D eigenvalue weighted by Gasteiger charge is 2.78. The third kappa shape index (κ3) is 5.57. The van der Waals surface area contributed by atoms with Gasteiger partial charge in [-0.15, -0.1) is 24.9 Å². The molecule has 6 atom stereocenters. The number of aliphatic hydroxyl groups is 1. The minimum absolute atomic E-state index is 0.0544. The van der Waals surface area contributed by atoms with E-state index in [2.05, 4.69) is 47.8 Å². The van der Waals surface area contributed by atoms with Gasteiger partial charge in [0.15, 0.2) is 0 Å². The fourth-order valence-electron chi connectivity index (χ4n) is 8.00. The second-order valence-electron chi connectivity index (χ2n) is 14.1. The third-order valence-corrected chi connectivity index (χ3v) is 11.2. The molecule has 1 aromatic rings. The summed E-state index contributed by atoms with van der Waals surface area (Å²) in [5, 5.41) is 10.8. The average molecular weight is 597 g/mol. The van der Waals surface area contributed by atoms with Crippen molar-refractivity contribution >= 4 is 29.5 Å². The number of hydrogen-bond acceptors (Lipinski definition) is 6. The molecule has 0 aromatic heterocycles. The van der Waals surface area contributed by atoms with Crippen LogP contribution in [0.4, 0.5) is 0 Å². The van der Waals surface area contributed by atoms with E-state index in [1.807, 2.05) is 42.2 Å². The Morgan fingerprint density at radius 1 is 1.17 bits per heavy atom. The van der Waals surface area contributed by atoms with Gasteiger partial charge in [0.05, 0.1) is 35.8 Å². The predicted molar refractivity (Wildman–Crippen MR) is 168 cm³/mol. The second-order valence-corrected chi connectivity index (χ2v) is 16.0. The fourth-order valence-corrected chi connectivity index (χ4v) is 10.3. The Bertz CT molecular complexity index is 1210. The van der Waals surface area contributed by atoms with E-state index in [0.717, 1.165) is 12.0 Å². The third-order valence-electron chi connectivity index (χ3n) is 9.23. The van der Waals surface area contributed by atoms with Crippen LogP contribution in [0.2, 0.25) is 0 Å². The molecule has 230 valence electrons. The van der Waals surface area contributed by atoms with E-state index in [-0.39, 0.29) is 30.4 Å². The maximum absolute atomic E-state index is 15.1. The van der Waals surface area contributed by atoms with Gasteiger partial charge in [-0.25, -0.2) is 0 Å². The fraction of sp³-hybridized carbons (Fsp3) is 0.618. The van der Waals surface area contributed by atoms with Crippen LogP contribution in [-0.2, 0) is 19.1 Å². The molecular weight excluding hydrogens is 548 g/mol. The summed E-state index contributed by atoms with van der Waals surface area (Å²) in [6.07, 6.45) is 6.02. The molecule has 8 heteroatoms. The minimum Gasteiger partial charge on any atom is -0.465 e. The first kappa shape index (κ1) is 32.3.